The molecular formula is C10H23NO2S. The van der Waals surface area contributed by atoms with Crippen LogP contribution in [0.5, 0.6) is 0 Å². The van der Waals surface area contributed by atoms with Crippen molar-refractivity contribution in [3.63, 3.8) is 0 Å². The number of rotatable bonds is 10. The van der Waals surface area contributed by atoms with E-state index in [2.05, 4.69) is 6.92 Å². The molecule has 1 unspecified atom stereocenters. The molecule has 0 saturated heterocycles. The average Bonchev–Trinajstić information content (AvgIpc) is 2.21. The van der Waals surface area contributed by atoms with Gasteiger partial charge in [-0.2, -0.15) is 11.8 Å². The molecule has 2 N–H and O–H groups in total. The highest BCUT2D eigenvalue weighted by molar-refractivity contribution is 7.99. The Bertz CT molecular complexity index is 114. The molecule has 0 aliphatic rings. The van der Waals surface area contributed by atoms with Crippen LogP contribution in [0.2, 0.25) is 0 Å². The zero-order chi connectivity index (χ0) is 10.6. The van der Waals surface area contributed by atoms with E-state index in [9.17, 15) is 0 Å². The van der Waals surface area contributed by atoms with Crippen LogP contribution >= 0.6 is 11.8 Å². The minimum Gasteiger partial charge on any atom is -0.385 e. The summed E-state index contributed by atoms with van der Waals surface area (Å²) in [6.07, 6.45) is 0.986. The minimum atomic E-state index is 0.619. The van der Waals surface area contributed by atoms with Crippen molar-refractivity contribution >= 4 is 11.8 Å². The van der Waals surface area contributed by atoms with Gasteiger partial charge in [0.1, 0.15) is 0 Å². The van der Waals surface area contributed by atoms with Crippen LogP contribution in [0.25, 0.3) is 0 Å². The summed E-state index contributed by atoms with van der Waals surface area (Å²) >= 11 is 1.91. The van der Waals surface area contributed by atoms with Gasteiger partial charge in [0.2, 0.25) is 0 Å². The molecule has 0 radical (unpaired) electrons. The molecule has 0 aromatic carbocycles. The Morgan fingerprint density at radius 3 is 2.71 bits per heavy atom. The van der Waals surface area contributed by atoms with Crippen molar-refractivity contribution in [2.75, 3.05) is 45.0 Å². The Labute approximate surface area is 91.7 Å². The second-order valence-electron chi connectivity index (χ2n) is 3.37. The Morgan fingerprint density at radius 1 is 1.29 bits per heavy atom. The van der Waals surface area contributed by atoms with E-state index in [0.717, 1.165) is 44.3 Å². The van der Waals surface area contributed by atoms with Crippen molar-refractivity contribution in [3.8, 4) is 0 Å². The van der Waals surface area contributed by atoms with Crippen molar-refractivity contribution < 1.29 is 9.47 Å². The molecule has 0 spiro atoms. The number of hydrogen-bond acceptors (Lipinski definition) is 4. The van der Waals surface area contributed by atoms with Gasteiger partial charge in [-0.3, -0.25) is 0 Å². The standard InChI is InChI=1S/C10H23NO2S/c1-10(8-11)9-14-7-6-13-5-3-4-12-2/h10H,3-9,11H2,1-2H3. The first-order valence-corrected chi connectivity index (χ1v) is 6.31. The number of methoxy groups -OCH3 is 1. The summed E-state index contributed by atoms with van der Waals surface area (Å²) in [5.74, 6) is 2.82. The van der Waals surface area contributed by atoms with Crippen molar-refractivity contribution in [1.29, 1.82) is 0 Å². The number of thioether (sulfide) groups is 1. The molecule has 0 heterocycles. The third kappa shape index (κ3) is 10.3. The van der Waals surface area contributed by atoms with E-state index in [1.807, 2.05) is 11.8 Å². The Kier molecular flexibility index (Phi) is 11.5. The summed E-state index contributed by atoms with van der Waals surface area (Å²) in [6.45, 7) is 5.39. The van der Waals surface area contributed by atoms with Crippen LogP contribution in [-0.2, 0) is 9.47 Å². The molecule has 0 rings (SSSR count). The van der Waals surface area contributed by atoms with Crippen molar-refractivity contribution in [1.82, 2.24) is 0 Å². The summed E-state index contributed by atoms with van der Waals surface area (Å²) in [5.41, 5.74) is 5.51. The summed E-state index contributed by atoms with van der Waals surface area (Å²) in [5, 5.41) is 0. The van der Waals surface area contributed by atoms with Crippen LogP contribution in [0.1, 0.15) is 13.3 Å². The monoisotopic (exact) mass is 221 g/mol. The Balaban J connectivity index is 2.92. The second-order valence-corrected chi connectivity index (χ2v) is 4.52. The van der Waals surface area contributed by atoms with Crippen LogP contribution < -0.4 is 5.73 Å². The van der Waals surface area contributed by atoms with E-state index < -0.39 is 0 Å². The van der Waals surface area contributed by atoms with E-state index in [1.54, 1.807) is 7.11 Å². The van der Waals surface area contributed by atoms with Crippen LogP contribution in [0.3, 0.4) is 0 Å². The van der Waals surface area contributed by atoms with E-state index in [0.29, 0.717) is 5.92 Å². The quantitative estimate of drug-likeness (QED) is 0.566. The molecule has 1 atom stereocenters. The molecule has 3 nitrogen and oxygen atoms in total. The summed E-state index contributed by atoms with van der Waals surface area (Å²) in [7, 11) is 1.71. The minimum absolute atomic E-state index is 0.619. The van der Waals surface area contributed by atoms with E-state index in [4.69, 9.17) is 15.2 Å². The van der Waals surface area contributed by atoms with Gasteiger partial charge in [-0.1, -0.05) is 6.92 Å². The molecule has 0 aromatic rings. The number of ether oxygens (including phenoxy) is 2. The van der Waals surface area contributed by atoms with Gasteiger partial charge in [0, 0.05) is 26.1 Å². The number of nitrogens with two attached hydrogens (primary N) is 1. The van der Waals surface area contributed by atoms with Crippen LogP contribution in [0.15, 0.2) is 0 Å². The first-order valence-electron chi connectivity index (χ1n) is 5.15. The van der Waals surface area contributed by atoms with Crippen molar-refractivity contribution in [2.45, 2.75) is 13.3 Å². The van der Waals surface area contributed by atoms with Crippen molar-refractivity contribution in [2.24, 2.45) is 11.7 Å². The zero-order valence-electron chi connectivity index (χ0n) is 9.33. The lowest BCUT2D eigenvalue weighted by atomic mass is 10.2. The molecule has 86 valence electrons. The molecule has 0 aliphatic heterocycles. The van der Waals surface area contributed by atoms with Crippen LogP contribution in [-0.4, -0.2) is 45.0 Å². The maximum atomic E-state index is 5.51. The molecule has 0 bridgehead atoms. The maximum absolute atomic E-state index is 5.51. The summed E-state index contributed by atoms with van der Waals surface area (Å²) < 4.78 is 10.3. The second kappa shape index (κ2) is 11.3. The van der Waals surface area contributed by atoms with Crippen LogP contribution in [0.4, 0.5) is 0 Å². The van der Waals surface area contributed by atoms with Crippen molar-refractivity contribution in [3.05, 3.63) is 0 Å². The predicted molar refractivity (Wildman–Crippen MR) is 62.9 cm³/mol. The van der Waals surface area contributed by atoms with Gasteiger partial charge >= 0.3 is 0 Å². The first kappa shape index (κ1) is 14.2. The maximum Gasteiger partial charge on any atom is 0.0556 e. The fraction of sp³-hybridized carbons (Fsp3) is 1.00. The lowest BCUT2D eigenvalue weighted by Crippen LogP contribution is -2.13. The molecule has 0 aliphatic carbocycles. The Hall–Kier alpha value is 0.230. The smallest absolute Gasteiger partial charge is 0.0556 e. The van der Waals surface area contributed by atoms with Crippen LogP contribution in [0, 0.1) is 5.92 Å². The van der Waals surface area contributed by atoms with Gasteiger partial charge < -0.3 is 15.2 Å². The SMILES string of the molecule is COCCCOCCSCC(C)CN. The Morgan fingerprint density at radius 2 is 2.07 bits per heavy atom. The van der Waals surface area contributed by atoms with E-state index in [-0.39, 0.29) is 0 Å². The van der Waals surface area contributed by atoms with E-state index >= 15 is 0 Å². The van der Waals surface area contributed by atoms with E-state index in [1.165, 1.54) is 0 Å². The fourth-order valence-corrected chi connectivity index (χ4v) is 1.82. The predicted octanol–water partition coefficient (Wildman–Crippen LogP) is 1.37. The average molecular weight is 221 g/mol. The van der Waals surface area contributed by atoms with Gasteiger partial charge in [0.15, 0.2) is 0 Å². The molecule has 0 saturated carbocycles. The summed E-state index contributed by atoms with van der Waals surface area (Å²) in [6, 6.07) is 0. The zero-order valence-corrected chi connectivity index (χ0v) is 10.1. The highest BCUT2D eigenvalue weighted by Crippen LogP contribution is 2.06. The third-order valence-electron chi connectivity index (χ3n) is 1.81. The number of hydrogen-bond donors (Lipinski definition) is 1. The summed E-state index contributed by atoms with van der Waals surface area (Å²) in [4.78, 5) is 0. The highest BCUT2D eigenvalue weighted by atomic mass is 32.2. The van der Waals surface area contributed by atoms with Gasteiger partial charge in [0.05, 0.1) is 6.61 Å². The first-order chi connectivity index (χ1) is 6.81. The molecule has 4 heteroatoms. The van der Waals surface area contributed by atoms with Gasteiger partial charge in [-0.05, 0) is 24.6 Å². The normalized spacial score (nSPS) is 13.1. The lowest BCUT2D eigenvalue weighted by molar-refractivity contribution is 0.113. The highest BCUT2D eigenvalue weighted by Gasteiger charge is 1.98. The molecule has 0 aromatic heterocycles. The molecule has 0 amide bonds. The molecule has 14 heavy (non-hydrogen) atoms. The fourth-order valence-electron chi connectivity index (χ4n) is 0.878. The van der Waals surface area contributed by atoms with Gasteiger partial charge in [0.25, 0.3) is 0 Å². The molecule has 0 fully saturated rings. The third-order valence-corrected chi connectivity index (χ3v) is 3.07. The van der Waals surface area contributed by atoms with Gasteiger partial charge in [-0.25, -0.2) is 0 Å². The topological polar surface area (TPSA) is 44.5 Å². The largest absolute Gasteiger partial charge is 0.385 e. The molecular weight excluding hydrogens is 198 g/mol. The van der Waals surface area contributed by atoms with Gasteiger partial charge in [-0.15, -0.1) is 0 Å². The lowest BCUT2D eigenvalue weighted by Gasteiger charge is -2.07.